The van der Waals surface area contributed by atoms with Crippen LogP contribution in [-0.2, 0) is 0 Å². The van der Waals surface area contributed by atoms with Gasteiger partial charge in [-0.1, -0.05) is 36.8 Å². The Balaban J connectivity index is 1.82. The molecule has 0 saturated carbocycles. The summed E-state index contributed by atoms with van der Waals surface area (Å²) in [6.07, 6.45) is 2.32. The van der Waals surface area contributed by atoms with Crippen molar-refractivity contribution < 1.29 is 9.53 Å². The average molecular weight is 337 g/mol. The van der Waals surface area contributed by atoms with Crippen LogP contribution >= 0.6 is 0 Å². The number of Topliss-reactive ketones (excluding diaryl/α,β-unsaturated/α-hetero) is 1. The minimum Gasteiger partial charge on any atom is -0.471 e. The van der Waals surface area contributed by atoms with Gasteiger partial charge in [-0.15, -0.1) is 0 Å². The van der Waals surface area contributed by atoms with Crippen molar-refractivity contribution in [2.45, 2.75) is 39.8 Å². The summed E-state index contributed by atoms with van der Waals surface area (Å²) in [4.78, 5) is 13.9. The number of carbonyl (C=O) groups is 1. The van der Waals surface area contributed by atoms with Gasteiger partial charge in [-0.25, -0.2) is 0 Å². The summed E-state index contributed by atoms with van der Waals surface area (Å²) in [6.45, 7) is 8.10. The summed E-state index contributed by atoms with van der Waals surface area (Å²) in [5.41, 5.74) is 3.14. The van der Waals surface area contributed by atoms with E-state index >= 15 is 0 Å². The number of ketones is 1. The van der Waals surface area contributed by atoms with Gasteiger partial charge in [-0.2, -0.15) is 0 Å². The Bertz CT molecular complexity index is 698. The van der Waals surface area contributed by atoms with Crippen LogP contribution in [0.2, 0.25) is 0 Å². The van der Waals surface area contributed by atoms with E-state index in [0.717, 1.165) is 24.8 Å². The zero-order valence-electron chi connectivity index (χ0n) is 15.4. The Morgan fingerprint density at radius 1 is 1.04 bits per heavy atom. The van der Waals surface area contributed by atoms with E-state index < -0.39 is 0 Å². The predicted octanol–water partition coefficient (Wildman–Crippen LogP) is 5.01. The van der Waals surface area contributed by atoms with Gasteiger partial charge in [-0.05, 0) is 56.9 Å². The molecule has 0 bridgehead atoms. The van der Waals surface area contributed by atoms with Gasteiger partial charge >= 0.3 is 0 Å². The van der Waals surface area contributed by atoms with Crippen molar-refractivity contribution in [2.24, 2.45) is 5.92 Å². The van der Waals surface area contributed by atoms with Gasteiger partial charge in [0.15, 0.2) is 12.0 Å². The number of benzene rings is 2. The molecule has 1 aliphatic rings. The molecule has 0 aliphatic carbocycles. The molecule has 0 spiro atoms. The van der Waals surface area contributed by atoms with Gasteiger partial charge in [0.2, 0.25) is 0 Å². The third-order valence-electron chi connectivity index (χ3n) is 5.02. The first kappa shape index (κ1) is 17.7. The Kier molecular flexibility index (Phi) is 5.54. The highest BCUT2D eigenvalue weighted by atomic mass is 16.5. The number of hydrogen-bond acceptors (Lipinski definition) is 3. The molecule has 3 rings (SSSR count). The van der Waals surface area contributed by atoms with Crippen molar-refractivity contribution in [3.63, 3.8) is 0 Å². The number of carbonyl (C=O) groups excluding carboxylic acids is 1. The SMILES string of the molecule is CC(=O)c1ccc(OC(c2ccc(C)cc2)N2CCC(C)CC2)cc1. The first-order valence-corrected chi connectivity index (χ1v) is 9.11. The second-order valence-corrected chi connectivity index (χ2v) is 7.18. The van der Waals surface area contributed by atoms with E-state index in [-0.39, 0.29) is 12.0 Å². The van der Waals surface area contributed by atoms with E-state index in [1.807, 2.05) is 24.3 Å². The molecule has 1 aliphatic heterocycles. The van der Waals surface area contributed by atoms with Crippen molar-refractivity contribution in [3.8, 4) is 5.75 Å². The van der Waals surface area contributed by atoms with E-state index in [1.54, 1.807) is 6.92 Å². The molecule has 3 heteroatoms. The lowest BCUT2D eigenvalue weighted by molar-refractivity contribution is 0.00186. The van der Waals surface area contributed by atoms with Crippen LogP contribution in [-0.4, -0.2) is 23.8 Å². The Morgan fingerprint density at radius 2 is 1.64 bits per heavy atom. The number of nitrogens with zero attached hydrogens (tertiary/aromatic N) is 1. The summed E-state index contributed by atoms with van der Waals surface area (Å²) in [6, 6.07) is 16.0. The molecular formula is C22H27NO2. The molecule has 0 radical (unpaired) electrons. The highest BCUT2D eigenvalue weighted by Gasteiger charge is 2.26. The number of likely N-dealkylation sites (tertiary alicyclic amines) is 1. The summed E-state index contributed by atoms with van der Waals surface area (Å²) >= 11 is 0. The first-order valence-electron chi connectivity index (χ1n) is 9.11. The van der Waals surface area contributed by atoms with Gasteiger partial charge < -0.3 is 4.74 Å². The Morgan fingerprint density at radius 3 is 2.20 bits per heavy atom. The van der Waals surface area contributed by atoms with Gasteiger partial charge in [0.05, 0.1) is 0 Å². The molecule has 3 nitrogen and oxygen atoms in total. The van der Waals surface area contributed by atoms with Gasteiger partial charge in [-0.3, -0.25) is 9.69 Å². The van der Waals surface area contributed by atoms with Crippen LogP contribution in [0.3, 0.4) is 0 Å². The van der Waals surface area contributed by atoms with Crippen LogP contribution in [0.4, 0.5) is 0 Å². The van der Waals surface area contributed by atoms with Crippen molar-refractivity contribution in [1.82, 2.24) is 4.90 Å². The summed E-state index contributed by atoms with van der Waals surface area (Å²) in [5, 5.41) is 0. The van der Waals surface area contributed by atoms with Crippen molar-refractivity contribution >= 4 is 5.78 Å². The molecule has 0 N–H and O–H groups in total. The number of piperidine rings is 1. The molecule has 1 saturated heterocycles. The molecule has 1 fully saturated rings. The lowest BCUT2D eigenvalue weighted by Crippen LogP contribution is -2.38. The average Bonchev–Trinajstić information content (AvgIpc) is 2.62. The molecule has 2 aromatic carbocycles. The fourth-order valence-electron chi connectivity index (χ4n) is 3.24. The topological polar surface area (TPSA) is 29.5 Å². The Hall–Kier alpha value is -2.13. The van der Waals surface area contributed by atoms with Crippen LogP contribution in [0.15, 0.2) is 48.5 Å². The molecule has 1 atom stereocenters. The number of aryl methyl sites for hydroxylation is 1. The predicted molar refractivity (Wildman–Crippen MR) is 101 cm³/mol. The van der Waals surface area contributed by atoms with E-state index in [1.165, 1.54) is 24.0 Å². The highest BCUT2D eigenvalue weighted by molar-refractivity contribution is 5.94. The third kappa shape index (κ3) is 4.49. The highest BCUT2D eigenvalue weighted by Crippen LogP contribution is 2.30. The van der Waals surface area contributed by atoms with Crippen LogP contribution < -0.4 is 4.74 Å². The monoisotopic (exact) mass is 337 g/mol. The maximum Gasteiger partial charge on any atom is 0.178 e. The minimum absolute atomic E-state index is 0.0756. The maximum atomic E-state index is 11.5. The molecule has 0 amide bonds. The van der Waals surface area contributed by atoms with Gasteiger partial charge in [0, 0.05) is 24.2 Å². The van der Waals surface area contributed by atoms with Crippen molar-refractivity contribution in [1.29, 1.82) is 0 Å². The zero-order valence-corrected chi connectivity index (χ0v) is 15.4. The largest absolute Gasteiger partial charge is 0.471 e. The summed E-state index contributed by atoms with van der Waals surface area (Å²) in [7, 11) is 0. The van der Waals surface area contributed by atoms with Crippen LogP contribution in [0.5, 0.6) is 5.75 Å². The van der Waals surface area contributed by atoms with Crippen LogP contribution in [0, 0.1) is 12.8 Å². The molecule has 1 heterocycles. The second kappa shape index (κ2) is 7.83. The Labute approximate surface area is 150 Å². The van der Waals surface area contributed by atoms with E-state index in [2.05, 4.69) is 43.0 Å². The zero-order chi connectivity index (χ0) is 17.8. The van der Waals surface area contributed by atoms with Crippen LogP contribution in [0.1, 0.15) is 54.4 Å². The standard InChI is InChI=1S/C22H27NO2/c1-16-4-6-20(7-5-16)22(23-14-12-17(2)13-15-23)25-21-10-8-19(9-11-21)18(3)24/h4-11,17,22H,12-15H2,1-3H3. The summed E-state index contributed by atoms with van der Waals surface area (Å²) < 4.78 is 6.36. The lowest BCUT2D eigenvalue weighted by Gasteiger charge is -2.36. The summed E-state index contributed by atoms with van der Waals surface area (Å²) in [5.74, 6) is 1.66. The molecule has 2 aromatic rings. The molecule has 25 heavy (non-hydrogen) atoms. The lowest BCUT2D eigenvalue weighted by atomic mass is 9.98. The molecule has 1 unspecified atom stereocenters. The maximum absolute atomic E-state index is 11.5. The first-order chi connectivity index (χ1) is 12.0. The van der Waals surface area contributed by atoms with Gasteiger partial charge in [0.1, 0.15) is 5.75 Å². The van der Waals surface area contributed by atoms with E-state index in [4.69, 9.17) is 4.74 Å². The fraction of sp³-hybridized carbons (Fsp3) is 0.409. The van der Waals surface area contributed by atoms with Gasteiger partial charge in [0.25, 0.3) is 0 Å². The molecular weight excluding hydrogens is 310 g/mol. The van der Waals surface area contributed by atoms with E-state index in [9.17, 15) is 4.79 Å². The normalized spacial score (nSPS) is 17.2. The van der Waals surface area contributed by atoms with Crippen molar-refractivity contribution in [3.05, 3.63) is 65.2 Å². The third-order valence-corrected chi connectivity index (χ3v) is 5.02. The second-order valence-electron chi connectivity index (χ2n) is 7.18. The number of ether oxygens (including phenoxy) is 1. The minimum atomic E-state index is -0.0868. The van der Waals surface area contributed by atoms with Crippen LogP contribution in [0.25, 0.3) is 0 Å². The smallest absolute Gasteiger partial charge is 0.178 e. The molecule has 0 aromatic heterocycles. The molecule has 132 valence electrons. The van der Waals surface area contributed by atoms with E-state index in [0.29, 0.717) is 5.56 Å². The fourth-order valence-corrected chi connectivity index (χ4v) is 3.24. The number of rotatable bonds is 5. The quantitative estimate of drug-likeness (QED) is 0.719. The van der Waals surface area contributed by atoms with Crippen molar-refractivity contribution in [2.75, 3.05) is 13.1 Å². The number of hydrogen-bond donors (Lipinski definition) is 0.